The Bertz CT molecular complexity index is 590. The Morgan fingerprint density at radius 2 is 1.95 bits per heavy atom. The summed E-state index contributed by atoms with van der Waals surface area (Å²) in [7, 11) is 0. The van der Waals surface area contributed by atoms with Crippen LogP contribution in [0.5, 0.6) is 0 Å². The Kier molecular flexibility index (Phi) is 4.60. The fraction of sp³-hybridized carbons (Fsp3) is 0.500. The number of anilines is 1. The zero-order valence-electron chi connectivity index (χ0n) is 12.2. The first-order valence-corrected chi connectivity index (χ1v) is 7.09. The molecule has 0 fully saturated rings. The number of rotatable bonds is 5. The first kappa shape index (κ1) is 14.8. The predicted molar refractivity (Wildman–Crippen MR) is 79.1 cm³/mol. The number of halogens is 1. The Morgan fingerprint density at radius 1 is 1.20 bits per heavy atom. The molecule has 0 aliphatic rings. The third-order valence-electron chi connectivity index (χ3n) is 3.22. The molecule has 20 heavy (non-hydrogen) atoms. The molecule has 0 aromatic carbocycles. The molecule has 0 atom stereocenters. The number of nitrogens with zero attached hydrogens (tertiary/aromatic N) is 3. The summed E-state index contributed by atoms with van der Waals surface area (Å²) in [6.45, 7) is 8.44. The third-order valence-corrected chi connectivity index (χ3v) is 3.59. The van der Waals surface area contributed by atoms with Crippen LogP contribution in [0.2, 0.25) is 5.15 Å². The molecule has 108 valence electrons. The molecule has 0 saturated heterocycles. The molecule has 2 rings (SSSR count). The van der Waals surface area contributed by atoms with E-state index in [0.717, 1.165) is 47.1 Å². The molecular formula is C14H19ClN4O. The summed E-state index contributed by atoms with van der Waals surface area (Å²) >= 11 is 6.16. The first-order valence-electron chi connectivity index (χ1n) is 6.71. The molecule has 0 bridgehead atoms. The lowest BCUT2D eigenvalue weighted by Gasteiger charge is -2.11. The monoisotopic (exact) mass is 294 g/mol. The topological polar surface area (TPSA) is 63.8 Å². The highest BCUT2D eigenvalue weighted by molar-refractivity contribution is 6.30. The molecule has 2 aromatic heterocycles. The van der Waals surface area contributed by atoms with Gasteiger partial charge in [0.15, 0.2) is 0 Å². The van der Waals surface area contributed by atoms with Gasteiger partial charge in [-0.2, -0.15) is 0 Å². The average molecular weight is 295 g/mol. The van der Waals surface area contributed by atoms with Crippen molar-refractivity contribution in [3.63, 3.8) is 0 Å². The van der Waals surface area contributed by atoms with Crippen molar-refractivity contribution >= 4 is 17.4 Å². The summed E-state index contributed by atoms with van der Waals surface area (Å²) in [6, 6.07) is 0. The van der Waals surface area contributed by atoms with E-state index in [0.29, 0.717) is 11.7 Å². The van der Waals surface area contributed by atoms with Gasteiger partial charge in [0, 0.05) is 24.1 Å². The van der Waals surface area contributed by atoms with Crippen LogP contribution < -0.4 is 5.32 Å². The van der Waals surface area contributed by atoms with Gasteiger partial charge >= 0.3 is 0 Å². The van der Waals surface area contributed by atoms with Crippen LogP contribution in [0.25, 0.3) is 0 Å². The van der Waals surface area contributed by atoms with Crippen LogP contribution >= 0.6 is 11.6 Å². The summed E-state index contributed by atoms with van der Waals surface area (Å²) in [5.41, 5.74) is 2.80. The smallest absolute Gasteiger partial charge is 0.138 e. The lowest BCUT2D eigenvalue weighted by Crippen LogP contribution is -2.08. The standard InChI is InChI=1S/C14H19ClN4O/c1-5-6-12-17-13(15)8(2)14(18-12)16-7-11-9(3)19-20-10(11)4/h5-7H2,1-4H3,(H,16,17,18). The number of aryl methyl sites for hydroxylation is 3. The molecule has 2 heterocycles. The summed E-state index contributed by atoms with van der Waals surface area (Å²) < 4.78 is 5.15. The Labute approximate surface area is 123 Å². The van der Waals surface area contributed by atoms with Crippen LogP contribution in [0, 0.1) is 20.8 Å². The maximum Gasteiger partial charge on any atom is 0.138 e. The molecule has 1 N–H and O–H groups in total. The predicted octanol–water partition coefficient (Wildman–Crippen LogP) is 3.61. The average Bonchev–Trinajstić information content (AvgIpc) is 2.72. The molecular weight excluding hydrogens is 276 g/mol. The molecule has 0 aliphatic carbocycles. The van der Waals surface area contributed by atoms with Crippen molar-refractivity contribution in [2.45, 2.75) is 47.1 Å². The quantitative estimate of drug-likeness (QED) is 0.854. The van der Waals surface area contributed by atoms with Crippen molar-refractivity contribution in [2.24, 2.45) is 0 Å². The Balaban J connectivity index is 2.20. The van der Waals surface area contributed by atoms with E-state index >= 15 is 0 Å². The van der Waals surface area contributed by atoms with E-state index in [1.54, 1.807) is 0 Å². The van der Waals surface area contributed by atoms with Crippen molar-refractivity contribution < 1.29 is 4.52 Å². The van der Waals surface area contributed by atoms with Gasteiger partial charge < -0.3 is 9.84 Å². The van der Waals surface area contributed by atoms with Crippen LogP contribution in [0.4, 0.5) is 5.82 Å². The second-order valence-corrected chi connectivity index (χ2v) is 5.17. The number of hydrogen-bond donors (Lipinski definition) is 1. The summed E-state index contributed by atoms with van der Waals surface area (Å²) in [4.78, 5) is 8.81. The zero-order valence-corrected chi connectivity index (χ0v) is 13.0. The largest absolute Gasteiger partial charge is 0.365 e. The highest BCUT2D eigenvalue weighted by atomic mass is 35.5. The molecule has 0 amide bonds. The van der Waals surface area contributed by atoms with Gasteiger partial charge in [0.25, 0.3) is 0 Å². The van der Waals surface area contributed by atoms with Gasteiger partial charge in [-0.25, -0.2) is 9.97 Å². The molecule has 2 aromatic rings. The van der Waals surface area contributed by atoms with E-state index in [-0.39, 0.29) is 0 Å². The molecule has 5 nitrogen and oxygen atoms in total. The lowest BCUT2D eigenvalue weighted by atomic mass is 10.2. The summed E-state index contributed by atoms with van der Waals surface area (Å²) in [5, 5.41) is 7.75. The number of hydrogen-bond acceptors (Lipinski definition) is 5. The van der Waals surface area contributed by atoms with Crippen LogP contribution in [0.15, 0.2) is 4.52 Å². The number of aromatic nitrogens is 3. The van der Waals surface area contributed by atoms with E-state index in [1.165, 1.54) is 0 Å². The van der Waals surface area contributed by atoms with Crippen LogP contribution in [0.3, 0.4) is 0 Å². The minimum Gasteiger partial charge on any atom is -0.365 e. The van der Waals surface area contributed by atoms with Crippen molar-refractivity contribution in [2.75, 3.05) is 5.32 Å². The maximum atomic E-state index is 6.16. The Morgan fingerprint density at radius 3 is 2.55 bits per heavy atom. The van der Waals surface area contributed by atoms with Gasteiger partial charge in [-0.15, -0.1) is 0 Å². The van der Waals surface area contributed by atoms with Gasteiger partial charge in [0.1, 0.15) is 22.6 Å². The van der Waals surface area contributed by atoms with E-state index < -0.39 is 0 Å². The van der Waals surface area contributed by atoms with Gasteiger partial charge in [0.05, 0.1) is 5.69 Å². The summed E-state index contributed by atoms with van der Waals surface area (Å²) in [6.07, 6.45) is 1.81. The van der Waals surface area contributed by atoms with Gasteiger partial charge in [-0.05, 0) is 27.2 Å². The second-order valence-electron chi connectivity index (χ2n) is 4.81. The highest BCUT2D eigenvalue weighted by Crippen LogP contribution is 2.22. The number of nitrogens with one attached hydrogen (secondary N) is 1. The highest BCUT2D eigenvalue weighted by Gasteiger charge is 2.12. The van der Waals surface area contributed by atoms with Crippen molar-refractivity contribution in [3.8, 4) is 0 Å². The van der Waals surface area contributed by atoms with Crippen LogP contribution in [-0.2, 0) is 13.0 Å². The molecule has 0 aliphatic heterocycles. The Hall–Kier alpha value is -1.62. The van der Waals surface area contributed by atoms with E-state index in [2.05, 4.69) is 27.4 Å². The first-order chi connectivity index (χ1) is 9.52. The van der Waals surface area contributed by atoms with Crippen molar-refractivity contribution in [1.29, 1.82) is 0 Å². The van der Waals surface area contributed by atoms with Gasteiger partial charge in [-0.1, -0.05) is 23.7 Å². The molecule has 0 unspecified atom stereocenters. The second kappa shape index (κ2) is 6.22. The van der Waals surface area contributed by atoms with E-state index in [4.69, 9.17) is 16.1 Å². The van der Waals surface area contributed by atoms with E-state index in [1.807, 2.05) is 20.8 Å². The molecule has 0 radical (unpaired) electrons. The van der Waals surface area contributed by atoms with Crippen LogP contribution in [0.1, 0.15) is 41.8 Å². The van der Waals surface area contributed by atoms with Gasteiger partial charge in [0.2, 0.25) is 0 Å². The van der Waals surface area contributed by atoms with Gasteiger partial charge in [-0.3, -0.25) is 0 Å². The minimum atomic E-state index is 0.504. The minimum absolute atomic E-state index is 0.504. The fourth-order valence-electron chi connectivity index (χ4n) is 1.97. The molecule has 0 spiro atoms. The SMILES string of the molecule is CCCc1nc(Cl)c(C)c(NCc2c(C)noc2C)n1. The van der Waals surface area contributed by atoms with Crippen molar-refractivity contribution in [1.82, 2.24) is 15.1 Å². The normalized spacial score (nSPS) is 10.8. The lowest BCUT2D eigenvalue weighted by molar-refractivity contribution is 0.392. The fourth-order valence-corrected chi connectivity index (χ4v) is 2.15. The molecule has 0 saturated carbocycles. The zero-order chi connectivity index (χ0) is 14.7. The molecule has 6 heteroatoms. The summed E-state index contributed by atoms with van der Waals surface area (Å²) in [5.74, 6) is 2.36. The van der Waals surface area contributed by atoms with Crippen LogP contribution in [-0.4, -0.2) is 15.1 Å². The van der Waals surface area contributed by atoms with E-state index in [9.17, 15) is 0 Å². The van der Waals surface area contributed by atoms with Crippen molar-refractivity contribution in [3.05, 3.63) is 33.6 Å². The third kappa shape index (κ3) is 3.10. The maximum absolute atomic E-state index is 6.16.